The summed E-state index contributed by atoms with van der Waals surface area (Å²) in [5.41, 5.74) is 4.89. The molecule has 1 amide bonds. The number of imidazole rings is 1. The number of ether oxygens (including phenoxy) is 1. The quantitative estimate of drug-likeness (QED) is 0.259. The lowest BCUT2D eigenvalue weighted by Gasteiger charge is -2.35. The lowest BCUT2D eigenvalue weighted by molar-refractivity contribution is 0.0509. The van der Waals surface area contributed by atoms with E-state index in [0.29, 0.717) is 17.8 Å². The number of hydrogen-bond donors (Lipinski definition) is 1. The summed E-state index contributed by atoms with van der Waals surface area (Å²) in [6, 6.07) is 19.0. The molecule has 0 spiro atoms. The van der Waals surface area contributed by atoms with Crippen LogP contribution in [0.3, 0.4) is 0 Å². The third-order valence-corrected chi connectivity index (χ3v) is 9.10. The highest BCUT2D eigenvalue weighted by atomic mass is 32.2. The molecule has 0 saturated heterocycles. The number of fused-ring (bicyclic) bond motifs is 5. The summed E-state index contributed by atoms with van der Waals surface area (Å²) in [5.74, 6) is -0.240. The smallest absolute Gasteiger partial charge is 0.264 e. The first-order valence-corrected chi connectivity index (χ1v) is 16.3. The molecule has 5 aromatic rings. The molecule has 4 heterocycles. The summed E-state index contributed by atoms with van der Waals surface area (Å²) in [7, 11) is -4.15. The Labute approximate surface area is 263 Å². The number of carbonyl (C=O) groups is 1. The van der Waals surface area contributed by atoms with Gasteiger partial charge in [0.05, 0.1) is 28.9 Å². The van der Waals surface area contributed by atoms with Crippen LogP contribution in [0.25, 0.3) is 16.9 Å². The lowest BCUT2D eigenvalue weighted by Crippen LogP contribution is -2.45. The van der Waals surface area contributed by atoms with Gasteiger partial charge in [0.1, 0.15) is 12.3 Å². The van der Waals surface area contributed by atoms with Gasteiger partial charge in [-0.15, -0.1) is 0 Å². The van der Waals surface area contributed by atoms with Crippen LogP contribution in [0.1, 0.15) is 54.4 Å². The van der Waals surface area contributed by atoms with Crippen LogP contribution in [-0.4, -0.2) is 51.2 Å². The van der Waals surface area contributed by atoms with E-state index >= 15 is 0 Å². The minimum absolute atomic E-state index is 0.0730. The number of hydrogen-bond acceptors (Lipinski definition) is 7. The highest BCUT2D eigenvalue weighted by molar-refractivity contribution is 7.92. The van der Waals surface area contributed by atoms with Crippen molar-refractivity contribution in [3.63, 3.8) is 0 Å². The summed E-state index contributed by atoms with van der Waals surface area (Å²) < 4.78 is 38.0. The monoisotopic (exact) mass is 624 g/mol. The predicted molar refractivity (Wildman–Crippen MR) is 173 cm³/mol. The van der Waals surface area contributed by atoms with Crippen molar-refractivity contribution < 1.29 is 17.9 Å². The lowest BCUT2D eigenvalue weighted by atomic mass is 9.87. The molecule has 1 N–H and O–H groups in total. The highest BCUT2D eigenvalue weighted by Gasteiger charge is 2.32. The average Bonchev–Trinajstić information content (AvgIpc) is 3.39. The molecule has 3 aromatic heterocycles. The van der Waals surface area contributed by atoms with E-state index in [-0.39, 0.29) is 46.8 Å². The fraction of sp³-hybridized carbons (Fsp3) is 0.294. The Morgan fingerprint density at radius 3 is 2.44 bits per heavy atom. The zero-order chi connectivity index (χ0) is 31.9. The maximum absolute atomic E-state index is 14.3. The zero-order valence-corrected chi connectivity index (χ0v) is 26.8. The van der Waals surface area contributed by atoms with Gasteiger partial charge in [0.25, 0.3) is 15.9 Å². The van der Waals surface area contributed by atoms with Gasteiger partial charge in [0.15, 0.2) is 0 Å². The third-order valence-electron chi connectivity index (χ3n) is 7.78. The van der Waals surface area contributed by atoms with Gasteiger partial charge in [-0.3, -0.25) is 4.79 Å². The topological polar surface area (TPSA) is 119 Å². The van der Waals surface area contributed by atoms with E-state index in [4.69, 9.17) is 9.72 Å². The summed E-state index contributed by atoms with van der Waals surface area (Å²) in [4.78, 5) is 29.8. The van der Waals surface area contributed by atoms with Crippen molar-refractivity contribution in [2.75, 3.05) is 11.3 Å². The number of nitrogens with one attached hydrogen (secondary N) is 1. The molecule has 0 radical (unpaired) electrons. The van der Waals surface area contributed by atoms with Gasteiger partial charge in [-0.25, -0.2) is 23.1 Å². The fourth-order valence-corrected chi connectivity index (χ4v) is 6.77. The minimum atomic E-state index is -4.15. The number of anilines is 1. The van der Waals surface area contributed by atoms with Crippen LogP contribution in [0.2, 0.25) is 0 Å². The van der Waals surface area contributed by atoms with Crippen molar-refractivity contribution in [1.82, 2.24) is 24.3 Å². The first-order chi connectivity index (χ1) is 21.4. The number of pyridine rings is 1. The van der Waals surface area contributed by atoms with Crippen LogP contribution >= 0.6 is 0 Å². The van der Waals surface area contributed by atoms with Gasteiger partial charge in [0, 0.05) is 29.6 Å². The van der Waals surface area contributed by atoms with E-state index in [9.17, 15) is 13.2 Å². The second-order valence-electron chi connectivity index (χ2n) is 12.7. The van der Waals surface area contributed by atoms with Crippen molar-refractivity contribution in [1.29, 1.82) is 0 Å². The van der Waals surface area contributed by atoms with Crippen LogP contribution < -0.4 is 9.46 Å². The average molecular weight is 625 g/mol. The largest absolute Gasteiger partial charge is 0.475 e. The molecule has 1 aliphatic heterocycles. The molecular formula is C34H36N6O4S. The van der Waals surface area contributed by atoms with Crippen molar-refractivity contribution in [2.45, 2.75) is 58.5 Å². The molecule has 0 saturated carbocycles. The third kappa shape index (κ3) is 6.53. The number of aryl methyl sites for hydroxylation is 2. The summed E-state index contributed by atoms with van der Waals surface area (Å²) in [6.45, 7) is 10.6. The summed E-state index contributed by atoms with van der Waals surface area (Å²) in [6.07, 6.45) is 4.41. The number of carbonyl (C=O) groups excluding carboxylic acids is 1. The Morgan fingerprint density at radius 1 is 0.956 bits per heavy atom. The van der Waals surface area contributed by atoms with E-state index < -0.39 is 16.1 Å². The maximum Gasteiger partial charge on any atom is 0.264 e. The number of benzene rings is 2. The van der Waals surface area contributed by atoms with E-state index in [2.05, 4.69) is 35.5 Å². The van der Waals surface area contributed by atoms with Crippen LogP contribution in [0.15, 0.2) is 84.0 Å². The molecule has 6 rings (SSSR count). The molecule has 0 fully saturated rings. The number of amides is 1. The first kappa shape index (κ1) is 30.3. The van der Waals surface area contributed by atoms with Crippen LogP contribution in [0.4, 0.5) is 5.95 Å². The number of aromatic nitrogens is 4. The van der Waals surface area contributed by atoms with Crippen molar-refractivity contribution in [3.8, 4) is 17.1 Å². The molecule has 1 atom stereocenters. The van der Waals surface area contributed by atoms with Crippen molar-refractivity contribution >= 4 is 27.5 Å². The Hall–Kier alpha value is -4.77. The van der Waals surface area contributed by atoms with Gasteiger partial charge < -0.3 is 14.0 Å². The number of nitrogens with zero attached hydrogens (tertiary/aromatic N) is 5. The maximum atomic E-state index is 14.3. The summed E-state index contributed by atoms with van der Waals surface area (Å²) >= 11 is 0. The number of rotatable bonds is 4. The van der Waals surface area contributed by atoms with Gasteiger partial charge in [-0.05, 0) is 67.1 Å². The van der Waals surface area contributed by atoms with Gasteiger partial charge in [0.2, 0.25) is 11.8 Å². The van der Waals surface area contributed by atoms with Crippen LogP contribution in [-0.2, 0) is 16.6 Å². The van der Waals surface area contributed by atoms with Crippen LogP contribution in [0.5, 0.6) is 5.88 Å². The standard InChI is InChI=1S/C34H36N6O4S/c1-22-10-8-11-23(2)31(22)28-17-30-37-33(36-28)38-45(42,43)27-13-9-12-24(16-27)32(41)40(26(21-44-30)18-34(3,4)5)20-25-19-39-15-7-6-14-29(39)35-25/h6-17,19,26H,18,20-21H2,1-5H3,(H,36,37,38)/t26-/m1/s1. The molecule has 0 aliphatic carbocycles. The normalized spacial score (nSPS) is 16.7. The van der Waals surface area contributed by atoms with Crippen molar-refractivity contribution in [3.05, 3.63) is 102 Å². The van der Waals surface area contributed by atoms with Crippen LogP contribution in [0, 0.1) is 19.3 Å². The van der Waals surface area contributed by atoms with Gasteiger partial charge >= 0.3 is 0 Å². The number of sulfonamides is 1. The van der Waals surface area contributed by atoms with Gasteiger partial charge in [-0.1, -0.05) is 51.1 Å². The second kappa shape index (κ2) is 11.6. The van der Waals surface area contributed by atoms with Gasteiger partial charge in [-0.2, -0.15) is 4.98 Å². The van der Waals surface area contributed by atoms with E-state index in [1.54, 1.807) is 23.1 Å². The highest BCUT2D eigenvalue weighted by Crippen LogP contribution is 2.31. The Bertz CT molecular complexity index is 1960. The molecule has 2 aromatic carbocycles. The molecule has 10 nitrogen and oxygen atoms in total. The van der Waals surface area contributed by atoms with Crippen molar-refractivity contribution in [2.24, 2.45) is 5.41 Å². The Kier molecular flexibility index (Phi) is 7.82. The fourth-order valence-electron chi connectivity index (χ4n) is 5.78. The predicted octanol–water partition coefficient (Wildman–Crippen LogP) is 6.05. The molecule has 0 unspecified atom stereocenters. The SMILES string of the molecule is Cc1cccc(C)c1-c1cc2nc(n1)NS(=O)(=O)c1cccc(c1)C(=O)N(Cc1cn3ccccc3n1)[C@H](CC(C)(C)C)CO2. The summed E-state index contributed by atoms with van der Waals surface area (Å²) in [5, 5.41) is 0. The zero-order valence-electron chi connectivity index (χ0n) is 26.0. The Morgan fingerprint density at radius 2 is 1.71 bits per heavy atom. The van der Waals surface area contributed by atoms with E-state index in [1.165, 1.54) is 12.1 Å². The molecular weight excluding hydrogens is 588 g/mol. The van der Waals surface area contributed by atoms with E-state index in [1.807, 2.05) is 67.0 Å². The Balaban J connectivity index is 1.50. The molecule has 1 aliphatic rings. The molecule has 11 heteroatoms. The van der Waals surface area contributed by atoms with E-state index in [0.717, 1.165) is 22.3 Å². The molecule has 4 bridgehead atoms. The second-order valence-corrected chi connectivity index (χ2v) is 14.4. The minimum Gasteiger partial charge on any atom is -0.475 e. The molecule has 232 valence electrons. The first-order valence-electron chi connectivity index (χ1n) is 14.8. The molecule has 45 heavy (non-hydrogen) atoms.